The van der Waals surface area contributed by atoms with Crippen LogP contribution in [-0.2, 0) is 14.8 Å². The lowest BCUT2D eigenvalue weighted by Crippen LogP contribution is -2.32. The van der Waals surface area contributed by atoms with E-state index >= 15 is 0 Å². The molecule has 0 aliphatic rings. The number of methoxy groups -OCH3 is 1. The largest absolute Gasteiger partial charge is 0.380 e. The van der Waals surface area contributed by atoms with Crippen molar-refractivity contribution in [3.8, 4) is 0 Å². The Morgan fingerprint density at radius 1 is 1.45 bits per heavy atom. The molecule has 0 bridgehead atoms. The van der Waals surface area contributed by atoms with E-state index < -0.39 is 15.9 Å². The summed E-state index contributed by atoms with van der Waals surface area (Å²) in [5.41, 5.74) is -0.136. The van der Waals surface area contributed by atoms with E-state index in [2.05, 4.69) is 5.32 Å². The van der Waals surface area contributed by atoms with E-state index in [4.69, 9.17) is 33.1 Å². The molecule has 1 rings (SSSR count). The van der Waals surface area contributed by atoms with Gasteiger partial charge in [0, 0.05) is 13.7 Å². The first-order valence-corrected chi connectivity index (χ1v) is 7.80. The van der Waals surface area contributed by atoms with E-state index in [9.17, 15) is 13.2 Å². The third-order valence-electron chi connectivity index (χ3n) is 2.54. The van der Waals surface area contributed by atoms with Gasteiger partial charge in [-0.2, -0.15) is 0 Å². The molecule has 0 radical (unpaired) electrons. The molecule has 0 aliphatic carbocycles. The molecule has 9 heteroatoms. The van der Waals surface area contributed by atoms with Gasteiger partial charge in [0.05, 0.1) is 21.7 Å². The SMILES string of the molecule is COC(C)CNC(=O)c1c(Cl)ccc(S(N)(=O)=O)c1Cl. The predicted molar refractivity (Wildman–Crippen MR) is 76.6 cm³/mol. The molecule has 0 spiro atoms. The fourth-order valence-electron chi connectivity index (χ4n) is 1.37. The molecule has 0 aliphatic heterocycles. The molecule has 112 valence electrons. The first kappa shape index (κ1) is 17.2. The van der Waals surface area contributed by atoms with Gasteiger partial charge in [-0.3, -0.25) is 4.79 Å². The van der Waals surface area contributed by atoms with Crippen LogP contribution in [0.25, 0.3) is 0 Å². The highest BCUT2D eigenvalue weighted by Gasteiger charge is 2.22. The predicted octanol–water partition coefficient (Wildman–Crippen LogP) is 1.41. The number of sulfonamides is 1. The smallest absolute Gasteiger partial charge is 0.254 e. The van der Waals surface area contributed by atoms with E-state index in [-0.39, 0.29) is 33.2 Å². The minimum Gasteiger partial charge on any atom is -0.380 e. The van der Waals surface area contributed by atoms with Crippen LogP contribution in [-0.4, -0.2) is 34.1 Å². The second kappa shape index (κ2) is 6.73. The molecule has 6 nitrogen and oxygen atoms in total. The maximum absolute atomic E-state index is 12.0. The van der Waals surface area contributed by atoms with Gasteiger partial charge in [-0.1, -0.05) is 23.2 Å². The summed E-state index contributed by atoms with van der Waals surface area (Å²) in [4.78, 5) is 11.7. The summed E-state index contributed by atoms with van der Waals surface area (Å²) in [5, 5.41) is 7.28. The number of rotatable bonds is 5. The molecule has 0 aromatic heterocycles. The monoisotopic (exact) mass is 340 g/mol. The van der Waals surface area contributed by atoms with Crippen molar-refractivity contribution < 1.29 is 17.9 Å². The summed E-state index contributed by atoms with van der Waals surface area (Å²) in [7, 11) is -2.54. The minimum atomic E-state index is -4.04. The first-order chi connectivity index (χ1) is 9.18. The van der Waals surface area contributed by atoms with E-state index in [1.165, 1.54) is 13.2 Å². The van der Waals surface area contributed by atoms with Crippen LogP contribution >= 0.6 is 23.2 Å². The van der Waals surface area contributed by atoms with Crippen molar-refractivity contribution in [2.45, 2.75) is 17.9 Å². The fourth-order valence-corrected chi connectivity index (χ4v) is 2.84. The number of nitrogens with two attached hydrogens (primary N) is 1. The van der Waals surface area contributed by atoms with Crippen LogP contribution < -0.4 is 10.5 Å². The number of carbonyl (C=O) groups is 1. The molecule has 1 aromatic rings. The molecule has 3 N–H and O–H groups in total. The third kappa shape index (κ3) is 4.07. The van der Waals surface area contributed by atoms with Gasteiger partial charge in [-0.05, 0) is 19.1 Å². The number of benzene rings is 1. The highest BCUT2D eigenvalue weighted by Crippen LogP contribution is 2.30. The number of primary sulfonamides is 1. The van der Waals surface area contributed by atoms with E-state index in [0.29, 0.717) is 0 Å². The van der Waals surface area contributed by atoms with E-state index in [1.54, 1.807) is 6.92 Å². The number of hydrogen-bond acceptors (Lipinski definition) is 4. The topological polar surface area (TPSA) is 98.5 Å². The second-order valence-corrected chi connectivity index (χ2v) is 6.35. The number of hydrogen-bond donors (Lipinski definition) is 2. The standard InChI is InChI=1S/C11H14Cl2N2O4S/c1-6(19-2)5-15-11(16)9-7(12)3-4-8(10(9)13)20(14,17)18/h3-4,6H,5H2,1-2H3,(H,15,16)(H2,14,17,18). The lowest BCUT2D eigenvalue weighted by molar-refractivity contribution is 0.0870. The maximum atomic E-state index is 12.0. The number of carbonyl (C=O) groups excluding carboxylic acids is 1. The summed E-state index contributed by atoms with van der Waals surface area (Å²) in [6.07, 6.45) is -0.210. The molecule has 0 saturated carbocycles. The number of ether oxygens (including phenoxy) is 1. The summed E-state index contributed by atoms with van der Waals surface area (Å²) in [5.74, 6) is -0.602. The van der Waals surface area contributed by atoms with Crippen molar-refractivity contribution in [3.63, 3.8) is 0 Å². The maximum Gasteiger partial charge on any atom is 0.254 e. The van der Waals surface area contributed by atoms with Gasteiger partial charge in [0.25, 0.3) is 5.91 Å². The molecular formula is C11H14Cl2N2O4S. The first-order valence-electron chi connectivity index (χ1n) is 5.50. The molecule has 20 heavy (non-hydrogen) atoms. The normalized spacial score (nSPS) is 13.1. The average Bonchev–Trinajstić information content (AvgIpc) is 2.34. The number of nitrogens with one attached hydrogen (secondary N) is 1. The highest BCUT2D eigenvalue weighted by molar-refractivity contribution is 7.89. The Labute approximate surface area is 127 Å². The highest BCUT2D eigenvalue weighted by atomic mass is 35.5. The van der Waals surface area contributed by atoms with Crippen molar-refractivity contribution in [1.29, 1.82) is 0 Å². The van der Waals surface area contributed by atoms with Crippen LogP contribution in [0.4, 0.5) is 0 Å². The summed E-state index contributed by atoms with van der Waals surface area (Å²) < 4.78 is 27.7. The summed E-state index contributed by atoms with van der Waals surface area (Å²) >= 11 is 11.8. The van der Waals surface area contributed by atoms with Crippen LogP contribution in [0.3, 0.4) is 0 Å². The van der Waals surface area contributed by atoms with Gasteiger partial charge in [0.1, 0.15) is 4.90 Å². The number of halogens is 2. The Hall–Kier alpha value is -0.860. The Morgan fingerprint density at radius 2 is 2.05 bits per heavy atom. The van der Waals surface area contributed by atoms with Crippen molar-refractivity contribution in [1.82, 2.24) is 5.32 Å². The van der Waals surface area contributed by atoms with Crippen molar-refractivity contribution in [3.05, 3.63) is 27.7 Å². The van der Waals surface area contributed by atoms with Crippen molar-refractivity contribution >= 4 is 39.1 Å². The van der Waals surface area contributed by atoms with Gasteiger partial charge in [0.2, 0.25) is 10.0 Å². The quantitative estimate of drug-likeness (QED) is 0.846. The number of amides is 1. The van der Waals surface area contributed by atoms with Crippen LogP contribution in [0.5, 0.6) is 0 Å². The lowest BCUT2D eigenvalue weighted by Gasteiger charge is -2.13. The van der Waals surface area contributed by atoms with Gasteiger partial charge in [-0.25, -0.2) is 13.6 Å². The van der Waals surface area contributed by atoms with Gasteiger partial charge in [0.15, 0.2) is 0 Å². The molecule has 0 fully saturated rings. The zero-order valence-electron chi connectivity index (χ0n) is 10.8. The summed E-state index contributed by atoms with van der Waals surface area (Å²) in [6.45, 7) is 1.98. The van der Waals surface area contributed by atoms with Crippen LogP contribution in [0, 0.1) is 0 Å². The van der Waals surface area contributed by atoms with Crippen molar-refractivity contribution in [2.24, 2.45) is 5.14 Å². The molecule has 1 aromatic carbocycles. The second-order valence-electron chi connectivity index (χ2n) is 4.04. The molecule has 0 saturated heterocycles. The van der Waals surface area contributed by atoms with Crippen LogP contribution in [0.15, 0.2) is 17.0 Å². The Bertz CT molecular complexity index is 619. The fraction of sp³-hybridized carbons (Fsp3) is 0.364. The molecular weight excluding hydrogens is 327 g/mol. The van der Waals surface area contributed by atoms with Gasteiger partial charge < -0.3 is 10.1 Å². The molecule has 1 amide bonds. The average molecular weight is 341 g/mol. The van der Waals surface area contributed by atoms with Crippen LogP contribution in [0.1, 0.15) is 17.3 Å². The van der Waals surface area contributed by atoms with Gasteiger partial charge in [-0.15, -0.1) is 0 Å². The Morgan fingerprint density at radius 3 is 2.55 bits per heavy atom. The van der Waals surface area contributed by atoms with E-state index in [1.807, 2.05) is 0 Å². The third-order valence-corrected chi connectivity index (χ3v) is 4.31. The molecule has 0 heterocycles. The van der Waals surface area contributed by atoms with Crippen LogP contribution in [0.2, 0.25) is 10.0 Å². The zero-order valence-corrected chi connectivity index (χ0v) is 13.1. The molecule has 1 unspecified atom stereocenters. The molecule has 1 atom stereocenters. The zero-order chi connectivity index (χ0) is 15.5. The minimum absolute atomic E-state index is 0.0324. The van der Waals surface area contributed by atoms with Gasteiger partial charge >= 0.3 is 0 Å². The van der Waals surface area contributed by atoms with E-state index in [0.717, 1.165) is 6.07 Å². The summed E-state index contributed by atoms with van der Waals surface area (Å²) in [6, 6.07) is 2.40. The Kier molecular flexibility index (Phi) is 5.79. The van der Waals surface area contributed by atoms with Crippen molar-refractivity contribution in [2.75, 3.05) is 13.7 Å². The Balaban J connectivity index is 3.15. The lowest BCUT2D eigenvalue weighted by atomic mass is 10.2.